The van der Waals surface area contributed by atoms with E-state index >= 15 is 0 Å². The third kappa shape index (κ3) is 9.03. The van der Waals surface area contributed by atoms with Crippen LogP contribution in [0.25, 0.3) is 11.3 Å². The first kappa shape index (κ1) is 32.4. The zero-order chi connectivity index (χ0) is 31.6. The van der Waals surface area contributed by atoms with Gasteiger partial charge in [0.25, 0.3) is 5.91 Å². The average Bonchev–Trinajstić information content (AvgIpc) is 3.05. The quantitative estimate of drug-likeness (QED) is 0.153. The van der Waals surface area contributed by atoms with Crippen LogP contribution in [0.2, 0.25) is 0 Å². The number of anilines is 3. The van der Waals surface area contributed by atoms with Gasteiger partial charge >= 0.3 is 6.18 Å². The van der Waals surface area contributed by atoms with Crippen molar-refractivity contribution in [1.29, 1.82) is 0 Å². The molecule has 3 aromatic carbocycles. The van der Waals surface area contributed by atoms with E-state index in [1.807, 2.05) is 54.2 Å². The molecular formula is C36H39F3N4OS. The monoisotopic (exact) mass is 632 g/mol. The maximum atomic E-state index is 13.5. The van der Waals surface area contributed by atoms with Crippen molar-refractivity contribution in [1.82, 2.24) is 4.98 Å². The van der Waals surface area contributed by atoms with Gasteiger partial charge < -0.3 is 15.5 Å². The molecule has 0 bridgehead atoms. The Morgan fingerprint density at radius 3 is 2.53 bits per heavy atom. The van der Waals surface area contributed by atoms with Crippen molar-refractivity contribution in [3.8, 4) is 11.3 Å². The number of amides is 1. The van der Waals surface area contributed by atoms with Crippen LogP contribution in [0.4, 0.5) is 30.2 Å². The summed E-state index contributed by atoms with van der Waals surface area (Å²) >= 11 is 1.86. The van der Waals surface area contributed by atoms with E-state index in [1.165, 1.54) is 18.6 Å². The van der Waals surface area contributed by atoms with Gasteiger partial charge in [0.1, 0.15) is 0 Å². The Hall–Kier alpha value is -3.98. The van der Waals surface area contributed by atoms with Gasteiger partial charge in [-0.25, -0.2) is 0 Å². The number of pyridine rings is 1. The second-order valence-electron chi connectivity index (χ2n) is 11.3. The molecule has 1 saturated heterocycles. The van der Waals surface area contributed by atoms with Crippen molar-refractivity contribution in [2.24, 2.45) is 0 Å². The summed E-state index contributed by atoms with van der Waals surface area (Å²) in [6, 6.07) is 23.0. The second kappa shape index (κ2) is 15.3. The number of piperidine rings is 1. The highest BCUT2D eigenvalue weighted by Crippen LogP contribution is 2.34. The minimum absolute atomic E-state index is 0.181. The first-order chi connectivity index (χ1) is 21.8. The summed E-state index contributed by atoms with van der Waals surface area (Å²) in [7, 11) is 0. The zero-order valence-corrected chi connectivity index (χ0v) is 26.3. The van der Waals surface area contributed by atoms with E-state index in [2.05, 4.69) is 39.6 Å². The topological polar surface area (TPSA) is 57.3 Å². The largest absolute Gasteiger partial charge is 0.416 e. The van der Waals surface area contributed by atoms with Gasteiger partial charge in [-0.1, -0.05) is 37.3 Å². The fourth-order valence-electron chi connectivity index (χ4n) is 5.48. The summed E-state index contributed by atoms with van der Waals surface area (Å²) in [5.74, 6) is 1.76. The Labute approximate surface area is 267 Å². The lowest BCUT2D eigenvalue weighted by Gasteiger charge is -2.29. The van der Waals surface area contributed by atoms with E-state index in [9.17, 15) is 18.0 Å². The second-order valence-corrected chi connectivity index (χ2v) is 12.4. The molecule has 9 heteroatoms. The summed E-state index contributed by atoms with van der Waals surface area (Å²) in [4.78, 5) is 20.5. The molecule has 1 amide bonds. The number of nitrogens with one attached hydrogen (secondary N) is 2. The fourth-order valence-corrected chi connectivity index (χ4v) is 6.32. The van der Waals surface area contributed by atoms with Crippen molar-refractivity contribution in [2.75, 3.05) is 40.9 Å². The van der Waals surface area contributed by atoms with Crippen LogP contribution in [0.15, 0.2) is 85.1 Å². The molecular weight excluding hydrogens is 593 g/mol. The van der Waals surface area contributed by atoms with E-state index in [4.69, 9.17) is 0 Å². The number of hydrogen-bond acceptors (Lipinski definition) is 5. The summed E-state index contributed by atoms with van der Waals surface area (Å²) in [6.45, 7) is 4.58. The fraction of sp³-hybridized carbons (Fsp3) is 0.333. The highest BCUT2D eigenvalue weighted by molar-refractivity contribution is 7.98. The molecule has 1 fully saturated rings. The van der Waals surface area contributed by atoms with Crippen molar-refractivity contribution < 1.29 is 18.0 Å². The highest BCUT2D eigenvalue weighted by atomic mass is 32.2. The number of thioether (sulfide) groups is 1. The van der Waals surface area contributed by atoms with E-state index in [0.29, 0.717) is 35.5 Å². The van der Waals surface area contributed by atoms with E-state index in [0.717, 1.165) is 72.4 Å². The Kier molecular flexibility index (Phi) is 11.1. The Morgan fingerprint density at radius 2 is 1.73 bits per heavy atom. The molecule has 0 aliphatic carbocycles. The Bertz CT molecular complexity index is 1590. The van der Waals surface area contributed by atoms with Crippen LogP contribution in [0.5, 0.6) is 0 Å². The molecule has 4 aromatic rings. The molecule has 0 unspecified atom stereocenters. The average molecular weight is 633 g/mol. The van der Waals surface area contributed by atoms with Gasteiger partial charge in [-0.15, -0.1) is 0 Å². The maximum Gasteiger partial charge on any atom is 0.416 e. The molecule has 2 N–H and O–H groups in total. The van der Waals surface area contributed by atoms with Gasteiger partial charge in [-0.2, -0.15) is 24.9 Å². The van der Waals surface area contributed by atoms with Gasteiger partial charge in [0, 0.05) is 54.1 Å². The predicted molar refractivity (Wildman–Crippen MR) is 180 cm³/mol. The summed E-state index contributed by atoms with van der Waals surface area (Å²) < 4.78 is 39.4. The van der Waals surface area contributed by atoms with Crippen LogP contribution in [-0.4, -0.2) is 36.3 Å². The molecule has 236 valence electrons. The van der Waals surface area contributed by atoms with Gasteiger partial charge in [0.05, 0.1) is 16.9 Å². The highest BCUT2D eigenvalue weighted by Gasteiger charge is 2.30. The molecule has 5 nitrogen and oxygen atoms in total. The van der Waals surface area contributed by atoms with Gasteiger partial charge in [0.15, 0.2) is 0 Å². The first-order valence-corrected chi connectivity index (χ1v) is 16.7. The lowest BCUT2D eigenvalue weighted by atomic mass is 10.0. The number of benzene rings is 3. The third-order valence-corrected chi connectivity index (χ3v) is 9.05. The maximum absolute atomic E-state index is 13.5. The van der Waals surface area contributed by atoms with Gasteiger partial charge in [-0.05, 0) is 97.5 Å². The molecule has 0 saturated carbocycles. The van der Waals surface area contributed by atoms with Gasteiger partial charge in [-0.3, -0.25) is 9.78 Å². The number of halogens is 3. The normalized spacial score (nSPS) is 13.5. The number of carbonyl (C=O) groups is 1. The molecule has 5 rings (SSSR count). The minimum atomic E-state index is -4.37. The summed E-state index contributed by atoms with van der Waals surface area (Å²) in [6.07, 6.45) is 2.40. The lowest BCUT2D eigenvalue weighted by Crippen LogP contribution is -2.29. The van der Waals surface area contributed by atoms with E-state index < -0.39 is 11.7 Å². The minimum Gasteiger partial charge on any atom is -0.385 e. The Morgan fingerprint density at radius 1 is 0.933 bits per heavy atom. The third-order valence-electron chi connectivity index (χ3n) is 7.81. The molecule has 0 atom stereocenters. The van der Waals surface area contributed by atoms with Crippen LogP contribution in [0, 0.1) is 0 Å². The van der Waals surface area contributed by atoms with Crippen molar-refractivity contribution in [3.63, 3.8) is 0 Å². The molecule has 45 heavy (non-hydrogen) atoms. The number of nitrogens with zero attached hydrogens (tertiary/aromatic N) is 2. The standard InChI is InChI=1S/C36H39F3N4OS/c1-2-20-45-25-27-9-6-10-28(21-27)35(44)42-33-13-12-31(43-18-4-3-5-19-43)24-32(33)34-23-30(15-17-41-34)40-16-14-26-8-7-11-29(22-26)36(37,38)39/h6-13,15,17,21-24H,2-5,14,16,18-20,25H2,1H3,(H,40,41)(H,42,44). The molecule has 1 aliphatic rings. The predicted octanol–water partition coefficient (Wildman–Crippen LogP) is 9.31. The number of carbonyl (C=O) groups excluding carboxylic acids is 1. The van der Waals surface area contributed by atoms with E-state index in [-0.39, 0.29) is 5.91 Å². The van der Waals surface area contributed by atoms with Crippen molar-refractivity contribution in [3.05, 3.63) is 107 Å². The van der Waals surface area contributed by atoms with E-state index in [1.54, 1.807) is 12.3 Å². The van der Waals surface area contributed by atoms with Crippen LogP contribution in [0.3, 0.4) is 0 Å². The number of aromatic nitrogens is 1. The summed E-state index contributed by atoms with van der Waals surface area (Å²) in [5, 5.41) is 6.47. The van der Waals surface area contributed by atoms with Gasteiger partial charge in [0.2, 0.25) is 0 Å². The van der Waals surface area contributed by atoms with Crippen LogP contribution >= 0.6 is 11.8 Å². The van der Waals surface area contributed by atoms with Crippen LogP contribution in [-0.2, 0) is 18.3 Å². The number of rotatable bonds is 12. The lowest BCUT2D eigenvalue weighted by molar-refractivity contribution is -0.137. The van der Waals surface area contributed by atoms with Crippen molar-refractivity contribution >= 4 is 34.7 Å². The smallest absolute Gasteiger partial charge is 0.385 e. The number of hydrogen-bond donors (Lipinski definition) is 2. The molecule has 1 aromatic heterocycles. The Balaban J connectivity index is 1.36. The van der Waals surface area contributed by atoms with Crippen molar-refractivity contribution in [2.45, 2.75) is 51.0 Å². The summed E-state index contributed by atoms with van der Waals surface area (Å²) in [5.41, 5.74) is 5.74. The van der Waals surface area contributed by atoms with Crippen LogP contribution < -0.4 is 15.5 Å². The zero-order valence-electron chi connectivity index (χ0n) is 25.5. The molecule has 0 radical (unpaired) electrons. The number of alkyl halides is 3. The van der Waals surface area contributed by atoms with Crippen LogP contribution in [0.1, 0.15) is 59.7 Å². The SMILES string of the molecule is CCCSCc1cccc(C(=O)Nc2ccc(N3CCCCC3)cc2-c2cc(NCCc3cccc(C(F)(F)F)c3)ccn2)c1. The first-order valence-electron chi connectivity index (χ1n) is 15.5. The molecule has 2 heterocycles. The molecule has 0 spiro atoms. The molecule has 1 aliphatic heterocycles.